The first-order valence-electron chi connectivity index (χ1n) is 15.2. The van der Waals surface area contributed by atoms with Crippen LogP contribution >= 0.6 is 0 Å². The summed E-state index contributed by atoms with van der Waals surface area (Å²) in [5, 5.41) is 9.78. The number of amides is 1. The van der Waals surface area contributed by atoms with Gasteiger partial charge in [0.2, 0.25) is 17.9 Å². The molecule has 10 heteroatoms. The molecule has 6 atom stereocenters. The topological polar surface area (TPSA) is 124 Å². The van der Waals surface area contributed by atoms with E-state index < -0.39 is 35.7 Å². The predicted octanol–water partition coefficient (Wildman–Crippen LogP) is 4.34. The third kappa shape index (κ3) is 13.4. The molecule has 0 aromatic carbocycles. The van der Waals surface area contributed by atoms with E-state index in [4.69, 9.17) is 18.9 Å². The third-order valence-corrected chi connectivity index (χ3v) is 6.73. The number of hydrogen-bond donors (Lipinski definition) is 3. The zero-order valence-corrected chi connectivity index (χ0v) is 29.1. The molecule has 246 valence electrons. The van der Waals surface area contributed by atoms with Crippen molar-refractivity contribution in [1.29, 1.82) is 0 Å². The molecule has 1 rings (SSSR count). The normalized spacial score (nSPS) is 26.5. The van der Waals surface area contributed by atoms with Gasteiger partial charge in [0.05, 0.1) is 25.4 Å². The molecule has 0 aromatic rings. The Bertz CT molecular complexity index is 911. The van der Waals surface area contributed by atoms with Gasteiger partial charge in [0.25, 0.3) is 0 Å². The van der Waals surface area contributed by atoms with Crippen molar-refractivity contribution in [3.05, 3.63) is 0 Å². The largest absolute Gasteiger partial charge is 0.438 e. The van der Waals surface area contributed by atoms with E-state index in [0.717, 1.165) is 0 Å². The summed E-state index contributed by atoms with van der Waals surface area (Å²) in [7, 11) is 0. The molecule has 1 aliphatic heterocycles. The van der Waals surface area contributed by atoms with Gasteiger partial charge in [-0.15, -0.1) is 0 Å². The molecule has 4 unspecified atom stereocenters. The van der Waals surface area contributed by atoms with Crippen LogP contribution in [0.3, 0.4) is 0 Å². The SMILES string of the molecule is CC(=O)OC1(NC(C)(C)C)[C@H](OCC(NC(C)(C)C)C(=O)CC(C)(C)C)OC(COCC(=O)NC(C)(C)C)C(C)[C@@H]1C. The quantitative estimate of drug-likeness (QED) is 0.222. The molecule has 1 heterocycles. The van der Waals surface area contributed by atoms with Crippen LogP contribution in [0.1, 0.15) is 110 Å². The Kier molecular flexibility index (Phi) is 13.2. The standard InChI is InChI=1S/C32H61N3O7/c1-20-21(2)32(42-22(3)36,35-31(13,14)15)27(41-25(20)18-39-19-26(38)34-30(10,11)12)40-17-23(33-29(7,8)9)24(37)16-28(4,5)6/h20-21,23,25,27,33,35H,16-19H2,1-15H3,(H,34,38)/t20?,21-,23?,25?,27+,32?/m0/s1. The summed E-state index contributed by atoms with van der Waals surface area (Å²) in [5.74, 6) is -1.10. The van der Waals surface area contributed by atoms with E-state index in [1.54, 1.807) is 0 Å². The number of esters is 1. The number of ether oxygens (including phenoxy) is 4. The van der Waals surface area contributed by atoms with Crippen LogP contribution in [0.4, 0.5) is 0 Å². The fourth-order valence-corrected chi connectivity index (χ4v) is 5.12. The average Bonchev–Trinajstić information content (AvgIpc) is 2.72. The highest BCUT2D eigenvalue weighted by atomic mass is 16.7. The van der Waals surface area contributed by atoms with E-state index in [2.05, 4.69) is 16.0 Å². The van der Waals surface area contributed by atoms with E-state index in [-0.39, 0.29) is 59.8 Å². The van der Waals surface area contributed by atoms with Crippen molar-refractivity contribution in [1.82, 2.24) is 16.0 Å². The lowest BCUT2D eigenvalue weighted by atomic mass is 9.78. The van der Waals surface area contributed by atoms with Crippen LogP contribution < -0.4 is 16.0 Å². The number of ketones is 1. The summed E-state index contributed by atoms with van der Waals surface area (Å²) in [6.07, 6.45) is -1.15. The molecular weight excluding hydrogens is 538 g/mol. The van der Waals surface area contributed by atoms with Crippen LogP contribution in [0.15, 0.2) is 0 Å². The van der Waals surface area contributed by atoms with Gasteiger partial charge in [-0.3, -0.25) is 19.7 Å². The maximum atomic E-state index is 13.4. The first-order valence-corrected chi connectivity index (χ1v) is 15.2. The maximum absolute atomic E-state index is 13.4. The molecule has 1 amide bonds. The minimum absolute atomic E-state index is 0.00829. The monoisotopic (exact) mass is 599 g/mol. The molecule has 10 nitrogen and oxygen atoms in total. The molecule has 1 saturated heterocycles. The van der Waals surface area contributed by atoms with Crippen LogP contribution in [0.25, 0.3) is 0 Å². The molecule has 0 aromatic heterocycles. The summed E-state index contributed by atoms with van der Waals surface area (Å²) < 4.78 is 24.8. The number of Topliss-reactive ketones (excluding diaryl/α,β-unsaturated/α-hetero) is 1. The van der Waals surface area contributed by atoms with Gasteiger partial charge in [-0.25, -0.2) is 0 Å². The van der Waals surface area contributed by atoms with Gasteiger partial charge in [-0.05, 0) is 73.6 Å². The molecule has 42 heavy (non-hydrogen) atoms. The Hall–Kier alpha value is -1.59. The van der Waals surface area contributed by atoms with E-state index in [1.807, 2.05) is 96.9 Å². The highest BCUT2D eigenvalue weighted by molar-refractivity contribution is 5.84. The minimum atomic E-state index is -1.34. The highest BCUT2D eigenvalue weighted by Gasteiger charge is 2.58. The van der Waals surface area contributed by atoms with Gasteiger partial charge in [-0.2, -0.15) is 0 Å². The lowest BCUT2D eigenvalue weighted by molar-refractivity contribution is -0.335. The van der Waals surface area contributed by atoms with Crippen LogP contribution in [0.2, 0.25) is 0 Å². The van der Waals surface area contributed by atoms with Gasteiger partial charge in [-0.1, -0.05) is 34.6 Å². The van der Waals surface area contributed by atoms with Gasteiger partial charge in [0.1, 0.15) is 6.61 Å². The number of hydrogen-bond acceptors (Lipinski definition) is 9. The predicted molar refractivity (Wildman–Crippen MR) is 165 cm³/mol. The second-order valence-corrected chi connectivity index (χ2v) is 16.2. The number of nitrogens with one attached hydrogen (secondary N) is 3. The van der Waals surface area contributed by atoms with Crippen molar-refractivity contribution in [3.8, 4) is 0 Å². The van der Waals surface area contributed by atoms with E-state index in [0.29, 0.717) is 6.42 Å². The smallest absolute Gasteiger partial charge is 0.304 e. The van der Waals surface area contributed by atoms with Gasteiger partial charge >= 0.3 is 5.97 Å². The van der Waals surface area contributed by atoms with Crippen molar-refractivity contribution in [2.24, 2.45) is 17.3 Å². The first-order chi connectivity index (χ1) is 18.7. The average molecular weight is 600 g/mol. The van der Waals surface area contributed by atoms with E-state index in [9.17, 15) is 14.4 Å². The summed E-state index contributed by atoms with van der Waals surface area (Å²) in [6.45, 7) is 29.1. The van der Waals surface area contributed by atoms with Gasteiger partial charge in [0.15, 0.2) is 5.78 Å². The second kappa shape index (κ2) is 14.5. The van der Waals surface area contributed by atoms with Crippen molar-refractivity contribution in [2.45, 2.75) is 151 Å². The number of rotatable bonds is 12. The lowest BCUT2D eigenvalue weighted by Crippen LogP contribution is -2.72. The Morgan fingerprint density at radius 2 is 1.45 bits per heavy atom. The van der Waals surface area contributed by atoms with Gasteiger partial charge < -0.3 is 29.6 Å². The molecule has 3 N–H and O–H groups in total. The molecule has 0 saturated carbocycles. The van der Waals surface area contributed by atoms with Crippen molar-refractivity contribution in [2.75, 3.05) is 19.8 Å². The first kappa shape index (κ1) is 38.4. The number of carbonyl (C=O) groups is 3. The summed E-state index contributed by atoms with van der Waals surface area (Å²) in [4.78, 5) is 38.3. The van der Waals surface area contributed by atoms with E-state index >= 15 is 0 Å². The second-order valence-electron chi connectivity index (χ2n) is 16.2. The zero-order chi connectivity index (χ0) is 32.9. The van der Waals surface area contributed by atoms with E-state index in [1.165, 1.54) is 6.92 Å². The summed E-state index contributed by atoms with van der Waals surface area (Å²) >= 11 is 0. The molecule has 0 aliphatic carbocycles. The molecular formula is C32H61N3O7. The minimum Gasteiger partial charge on any atom is -0.438 e. The summed E-state index contributed by atoms with van der Waals surface area (Å²) in [5.41, 5.74) is -2.74. The molecule has 0 spiro atoms. The molecule has 0 bridgehead atoms. The van der Waals surface area contributed by atoms with Crippen LogP contribution in [0, 0.1) is 17.3 Å². The maximum Gasteiger partial charge on any atom is 0.304 e. The van der Waals surface area contributed by atoms with Crippen molar-refractivity contribution in [3.63, 3.8) is 0 Å². The lowest BCUT2D eigenvalue weighted by Gasteiger charge is -2.54. The summed E-state index contributed by atoms with van der Waals surface area (Å²) in [6, 6.07) is -0.608. The van der Waals surface area contributed by atoms with Gasteiger partial charge in [0, 0.05) is 35.9 Å². The van der Waals surface area contributed by atoms with Crippen molar-refractivity contribution >= 4 is 17.7 Å². The Labute approximate surface area is 255 Å². The van der Waals surface area contributed by atoms with Crippen LogP contribution in [0.5, 0.6) is 0 Å². The van der Waals surface area contributed by atoms with Crippen LogP contribution in [-0.4, -0.2) is 78.3 Å². The Balaban J connectivity index is 3.37. The third-order valence-electron chi connectivity index (χ3n) is 6.73. The van der Waals surface area contributed by atoms with Crippen LogP contribution in [-0.2, 0) is 33.3 Å². The zero-order valence-electron chi connectivity index (χ0n) is 29.1. The number of carbonyl (C=O) groups excluding carboxylic acids is 3. The fourth-order valence-electron chi connectivity index (χ4n) is 5.12. The fraction of sp³-hybridized carbons (Fsp3) is 0.906. The molecule has 1 aliphatic rings. The Morgan fingerprint density at radius 3 is 1.90 bits per heavy atom. The molecule has 1 fully saturated rings. The highest BCUT2D eigenvalue weighted by Crippen LogP contribution is 2.41. The molecule has 0 radical (unpaired) electrons. The Morgan fingerprint density at radius 1 is 0.881 bits per heavy atom. The van der Waals surface area contributed by atoms with Crippen molar-refractivity contribution < 1.29 is 33.3 Å².